The van der Waals surface area contributed by atoms with Crippen molar-refractivity contribution in [3.63, 3.8) is 0 Å². The highest BCUT2D eigenvalue weighted by molar-refractivity contribution is 9.34. The molecule has 2 heterocycles. The second-order valence-corrected chi connectivity index (χ2v) is 15.2. The summed E-state index contributed by atoms with van der Waals surface area (Å²) in [6, 6.07) is 0. The van der Waals surface area contributed by atoms with Crippen LogP contribution >= 0.6 is 64.3 Å². The molecule has 0 saturated carbocycles. The molecular formula is C12H24N4S6. The lowest BCUT2D eigenvalue weighted by atomic mass is 10.2. The third-order valence-corrected chi connectivity index (χ3v) is 16.1. The highest BCUT2D eigenvalue weighted by Gasteiger charge is 2.42. The first-order valence-corrected chi connectivity index (χ1v) is 13.9. The molecule has 0 bridgehead atoms. The van der Waals surface area contributed by atoms with Crippen molar-refractivity contribution in [2.45, 2.75) is 38.5 Å². The fraction of sp³-hybridized carbons (Fsp3) is 0.833. The van der Waals surface area contributed by atoms with Gasteiger partial charge in [-0.3, -0.25) is 0 Å². The van der Waals surface area contributed by atoms with Gasteiger partial charge in [0.05, 0.1) is 0 Å². The number of nitrogens with zero attached hydrogens (tertiary/aromatic N) is 2. The number of piperidine rings is 2. The van der Waals surface area contributed by atoms with Gasteiger partial charge in [0, 0.05) is 36.0 Å². The lowest BCUT2D eigenvalue weighted by molar-refractivity contribution is 0.326. The van der Waals surface area contributed by atoms with Gasteiger partial charge < -0.3 is 11.5 Å². The maximum absolute atomic E-state index is 6.33. The van der Waals surface area contributed by atoms with Crippen molar-refractivity contribution in [2.75, 3.05) is 26.2 Å². The molecule has 0 aromatic heterocycles. The quantitative estimate of drug-likeness (QED) is 0.511. The van der Waals surface area contributed by atoms with Crippen LogP contribution in [-0.2, 0) is 0 Å². The average Bonchev–Trinajstić information content (AvgIpc) is 2.53. The highest BCUT2D eigenvalue weighted by atomic mass is 33.7. The van der Waals surface area contributed by atoms with E-state index in [1.807, 2.05) is 0 Å². The Morgan fingerprint density at radius 1 is 0.818 bits per heavy atom. The predicted molar refractivity (Wildman–Crippen MR) is 115 cm³/mol. The molecule has 4 nitrogen and oxygen atoms in total. The molecular weight excluding hydrogens is 393 g/mol. The second-order valence-electron chi connectivity index (χ2n) is 5.33. The van der Waals surface area contributed by atoms with Crippen molar-refractivity contribution in [2.24, 2.45) is 11.5 Å². The van der Waals surface area contributed by atoms with E-state index in [1.54, 1.807) is 19.7 Å². The lowest BCUT2D eigenvalue weighted by Crippen LogP contribution is -2.47. The second kappa shape index (κ2) is 9.55. The number of rotatable bonds is 5. The molecule has 0 amide bonds. The summed E-state index contributed by atoms with van der Waals surface area (Å²) >= 11 is 10.6. The van der Waals surface area contributed by atoms with Crippen molar-refractivity contribution in [3.8, 4) is 0 Å². The Hall–Kier alpha value is 1.10. The molecule has 128 valence electrons. The zero-order valence-corrected chi connectivity index (χ0v) is 17.5. The van der Waals surface area contributed by atoms with Crippen LogP contribution in [0.5, 0.6) is 0 Å². The Morgan fingerprint density at radius 3 is 1.64 bits per heavy atom. The summed E-state index contributed by atoms with van der Waals surface area (Å²) in [5.74, 6) is 0. The maximum atomic E-state index is 6.33. The Kier molecular flexibility index (Phi) is 8.43. The minimum atomic E-state index is -1.49. The van der Waals surface area contributed by atoms with Crippen LogP contribution in [0.4, 0.5) is 0 Å². The number of nitrogens with two attached hydrogens (primary N) is 2. The van der Waals surface area contributed by atoms with Crippen LogP contribution in [0.3, 0.4) is 0 Å². The molecule has 2 fully saturated rings. The van der Waals surface area contributed by atoms with Gasteiger partial charge in [0.15, 0.2) is 0 Å². The molecule has 0 radical (unpaired) electrons. The third-order valence-electron chi connectivity index (χ3n) is 3.83. The van der Waals surface area contributed by atoms with Gasteiger partial charge in [-0.2, -0.15) is 0 Å². The van der Waals surface area contributed by atoms with E-state index >= 15 is 0 Å². The molecule has 0 unspecified atom stereocenters. The van der Waals surface area contributed by atoms with Crippen LogP contribution in [0.2, 0.25) is 0 Å². The zero-order valence-electron chi connectivity index (χ0n) is 12.6. The van der Waals surface area contributed by atoms with Crippen molar-refractivity contribution in [3.05, 3.63) is 0 Å². The summed E-state index contributed by atoms with van der Waals surface area (Å²) in [5.41, 5.74) is 12.0. The summed E-state index contributed by atoms with van der Waals surface area (Å²) in [6.45, 7) is 4.37. The summed E-state index contributed by atoms with van der Waals surface area (Å²) in [4.78, 5) is 0. The fourth-order valence-corrected chi connectivity index (χ4v) is 16.4. The largest absolute Gasteiger partial charge is 0.384 e. The number of hydrogen-bond donors (Lipinski definition) is 2. The molecule has 0 aromatic carbocycles. The monoisotopic (exact) mass is 416 g/mol. The van der Waals surface area contributed by atoms with E-state index in [9.17, 15) is 0 Å². The van der Waals surface area contributed by atoms with Crippen molar-refractivity contribution >= 4 is 73.0 Å². The molecule has 2 rings (SSSR count). The Morgan fingerprint density at radius 2 is 1.27 bits per heavy atom. The molecule has 2 aliphatic heterocycles. The van der Waals surface area contributed by atoms with Crippen molar-refractivity contribution in [1.82, 2.24) is 8.61 Å². The van der Waals surface area contributed by atoms with Crippen LogP contribution in [0.1, 0.15) is 38.5 Å². The number of thiocarbonyl (C=S) groups is 2. The maximum Gasteiger partial charge on any atom is 0.149 e. The van der Waals surface area contributed by atoms with E-state index in [1.165, 1.54) is 49.3 Å². The summed E-state index contributed by atoms with van der Waals surface area (Å²) < 4.78 is 6.23. The van der Waals surface area contributed by atoms with Crippen molar-refractivity contribution in [1.29, 1.82) is 0 Å². The first-order chi connectivity index (χ1) is 10.6. The normalized spacial score (nSPS) is 22.4. The fourth-order valence-electron chi connectivity index (χ4n) is 2.85. The van der Waals surface area contributed by atoms with Crippen LogP contribution in [0.25, 0.3) is 0 Å². The van der Waals surface area contributed by atoms with Gasteiger partial charge in [-0.25, -0.2) is 8.61 Å². The highest BCUT2D eigenvalue weighted by Crippen LogP contribution is 2.71. The first-order valence-electron chi connectivity index (χ1n) is 7.52. The van der Waals surface area contributed by atoms with Gasteiger partial charge in [0.1, 0.15) is 8.64 Å². The van der Waals surface area contributed by atoms with E-state index in [0.717, 1.165) is 26.2 Å². The molecule has 0 aliphatic carbocycles. The van der Waals surface area contributed by atoms with Gasteiger partial charge in [-0.05, 0) is 55.7 Å². The van der Waals surface area contributed by atoms with E-state index in [4.69, 9.17) is 35.9 Å². The van der Waals surface area contributed by atoms with Gasteiger partial charge in [-0.15, -0.1) is 0 Å². The number of hydrogen-bond acceptors (Lipinski definition) is 7. The molecule has 4 N–H and O–H groups in total. The summed E-state index contributed by atoms with van der Waals surface area (Å²) in [7, 11) is 3.39. The zero-order chi connectivity index (χ0) is 16.0. The molecule has 2 saturated heterocycles. The SMILES string of the molecule is NC(=S)SSSS(C(N)=S)(N1CCCCC1)N1CCCCC1. The Bertz CT molecular complexity index is 377. The standard InChI is InChI=1S/C12H24N4S6/c13-11(17)19-20-21-22(12(14)18,15-7-3-1-4-8-15)16-9-5-2-6-10-16/h1-10H2,(H2,13,17)(H2,14,18). The van der Waals surface area contributed by atoms with Crippen LogP contribution in [-0.4, -0.2) is 43.4 Å². The van der Waals surface area contributed by atoms with Gasteiger partial charge >= 0.3 is 0 Å². The van der Waals surface area contributed by atoms with E-state index in [0.29, 0.717) is 8.64 Å². The van der Waals surface area contributed by atoms with E-state index < -0.39 is 9.43 Å². The summed E-state index contributed by atoms with van der Waals surface area (Å²) in [6.07, 6.45) is 7.56. The van der Waals surface area contributed by atoms with Gasteiger partial charge in [0.25, 0.3) is 0 Å². The van der Waals surface area contributed by atoms with Crippen LogP contribution in [0, 0.1) is 0 Å². The molecule has 0 atom stereocenters. The Balaban J connectivity index is 2.21. The van der Waals surface area contributed by atoms with Crippen LogP contribution in [0.15, 0.2) is 0 Å². The molecule has 22 heavy (non-hydrogen) atoms. The average molecular weight is 417 g/mol. The topological polar surface area (TPSA) is 58.5 Å². The minimum absolute atomic E-state index is 0.464. The van der Waals surface area contributed by atoms with Gasteiger partial charge in [0.2, 0.25) is 0 Å². The van der Waals surface area contributed by atoms with Gasteiger partial charge in [-0.1, -0.05) is 37.3 Å². The van der Waals surface area contributed by atoms with E-state index in [-0.39, 0.29) is 0 Å². The molecule has 0 spiro atoms. The smallest absolute Gasteiger partial charge is 0.149 e. The first kappa shape index (κ1) is 19.4. The summed E-state index contributed by atoms with van der Waals surface area (Å²) in [5, 5.41) is 0. The molecule has 0 aromatic rings. The van der Waals surface area contributed by atoms with Crippen LogP contribution < -0.4 is 11.5 Å². The predicted octanol–water partition coefficient (Wildman–Crippen LogP) is 4.02. The Labute approximate surface area is 157 Å². The van der Waals surface area contributed by atoms with Crippen molar-refractivity contribution < 1.29 is 0 Å². The minimum Gasteiger partial charge on any atom is -0.384 e. The molecule has 10 heteroatoms. The molecule has 2 aliphatic rings. The third kappa shape index (κ3) is 4.81. The van der Waals surface area contributed by atoms with E-state index in [2.05, 4.69) is 8.61 Å². The lowest BCUT2D eigenvalue weighted by Gasteiger charge is -2.54.